The van der Waals surface area contributed by atoms with Crippen molar-refractivity contribution >= 4 is 28.1 Å². The lowest BCUT2D eigenvalue weighted by molar-refractivity contribution is -0.175. The van der Waals surface area contributed by atoms with Gasteiger partial charge in [-0.05, 0) is 0 Å². The lowest BCUT2D eigenvalue weighted by Crippen LogP contribution is -2.71. The van der Waals surface area contributed by atoms with Crippen LogP contribution < -0.4 is 5.73 Å². The van der Waals surface area contributed by atoms with Gasteiger partial charge in [0, 0.05) is 13.8 Å². The first-order valence-electron chi connectivity index (χ1n) is 4.38. The van der Waals surface area contributed by atoms with E-state index in [1.807, 2.05) is 0 Å². The van der Waals surface area contributed by atoms with Crippen LogP contribution in [0.25, 0.3) is 0 Å². The Kier molecular flexibility index (Phi) is 3.38. The zero-order valence-corrected chi connectivity index (χ0v) is 9.76. The molecule has 0 spiro atoms. The van der Waals surface area contributed by atoms with E-state index in [4.69, 9.17) is 5.73 Å². The monoisotopic (exact) mass is 266 g/mol. The minimum atomic E-state index is -4.62. The maximum absolute atomic E-state index is 11.4. The highest BCUT2D eigenvalue weighted by Gasteiger charge is 2.55. The Labute approximate surface area is 96.7 Å². The van der Waals surface area contributed by atoms with Crippen molar-refractivity contribution in [3.8, 4) is 0 Å². The van der Waals surface area contributed by atoms with Crippen molar-refractivity contribution < 1.29 is 31.7 Å². The van der Waals surface area contributed by atoms with Gasteiger partial charge in [-0.3, -0.25) is 14.4 Å². The molecule has 1 rings (SSSR count). The van der Waals surface area contributed by atoms with Gasteiger partial charge in [-0.1, -0.05) is 0 Å². The number of carbonyl (C=O) groups excluding carboxylic acids is 3. The van der Waals surface area contributed by atoms with E-state index >= 15 is 0 Å². The highest BCUT2D eigenvalue weighted by atomic mass is 32.2. The summed E-state index contributed by atoms with van der Waals surface area (Å²) >= 11 is 0. The third-order valence-electron chi connectivity index (χ3n) is 1.79. The molecule has 10 heteroatoms. The number of hydrogen-bond donors (Lipinski definition) is 1. The molecule has 0 radical (unpaired) electrons. The van der Waals surface area contributed by atoms with Gasteiger partial charge < -0.3 is 14.7 Å². The number of nitrogens with two attached hydrogens (primary N) is 1. The van der Waals surface area contributed by atoms with Crippen LogP contribution in [0.5, 0.6) is 0 Å². The normalized spacial score (nSPS) is 23.9. The molecule has 9 nitrogen and oxygen atoms in total. The highest BCUT2D eigenvalue weighted by molar-refractivity contribution is 7.85. The van der Waals surface area contributed by atoms with Crippen molar-refractivity contribution in [2.75, 3.05) is 0 Å². The molecule has 17 heavy (non-hydrogen) atoms. The van der Waals surface area contributed by atoms with Crippen molar-refractivity contribution in [3.05, 3.63) is 0 Å². The van der Waals surface area contributed by atoms with Crippen molar-refractivity contribution in [3.63, 3.8) is 0 Å². The van der Waals surface area contributed by atoms with E-state index in [2.05, 4.69) is 8.92 Å². The van der Waals surface area contributed by atoms with Gasteiger partial charge in [0.15, 0.2) is 0 Å². The topological polar surface area (TPSA) is 133 Å². The van der Waals surface area contributed by atoms with E-state index in [0.717, 1.165) is 13.8 Å². The fourth-order valence-corrected chi connectivity index (χ4v) is 2.32. The number of β-lactam (4-membered cyclic amide) rings is 1. The van der Waals surface area contributed by atoms with Gasteiger partial charge in [0.05, 0.1) is 0 Å². The van der Waals surface area contributed by atoms with Crippen LogP contribution in [0, 0.1) is 0 Å². The minimum Gasteiger partial charge on any atom is -0.438 e. The number of amides is 1. The summed E-state index contributed by atoms with van der Waals surface area (Å²) in [7, 11) is -4.62. The number of hydrogen-bond acceptors (Lipinski definition) is 8. The van der Waals surface area contributed by atoms with Gasteiger partial charge in [-0.15, -0.1) is 0 Å². The largest absolute Gasteiger partial charge is 0.438 e. The number of esters is 1. The summed E-state index contributed by atoms with van der Waals surface area (Å²) in [4.78, 5) is 32.4. The molecule has 2 atom stereocenters. The summed E-state index contributed by atoms with van der Waals surface area (Å²) in [6.07, 6.45) is -1.48. The molecule has 0 aromatic rings. The van der Waals surface area contributed by atoms with E-state index in [-0.39, 0.29) is 4.31 Å². The molecule has 0 aromatic carbocycles. The standard InChI is InChI=1S/C7H10N2O7S/c1-3(10)15-7-5(8)6(12)9(7)17(13,14)16-4(2)11/h5,7H,8H2,1-2H3/t5-,7+/m1/s1. The van der Waals surface area contributed by atoms with Gasteiger partial charge in [0.25, 0.3) is 5.91 Å². The summed E-state index contributed by atoms with van der Waals surface area (Å²) < 4.78 is 31.4. The Morgan fingerprint density at radius 1 is 1.29 bits per heavy atom. The fraction of sp³-hybridized carbons (Fsp3) is 0.571. The van der Waals surface area contributed by atoms with Gasteiger partial charge in [0.1, 0.15) is 6.04 Å². The van der Waals surface area contributed by atoms with Crippen molar-refractivity contribution in [2.45, 2.75) is 26.1 Å². The van der Waals surface area contributed by atoms with Crippen LogP contribution >= 0.6 is 0 Å². The van der Waals surface area contributed by atoms with Gasteiger partial charge in [-0.2, -0.15) is 12.7 Å². The molecule has 0 aliphatic carbocycles. The first-order valence-corrected chi connectivity index (χ1v) is 5.74. The fourth-order valence-electron chi connectivity index (χ4n) is 1.18. The molecule has 1 fully saturated rings. The molecule has 1 amide bonds. The quantitative estimate of drug-likeness (QED) is 0.451. The first-order chi connectivity index (χ1) is 7.66. The third kappa shape index (κ3) is 2.53. The Morgan fingerprint density at radius 3 is 2.24 bits per heavy atom. The number of carbonyl (C=O) groups is 3. The molecule has 1 heterocycles. The SMILES string of the molecule is CC(=O)O[C@H]1[C@H](N)C(=O)N1S(=O)(=O)OC(C)=O. The summed E-state index contributed by atoms with van der Waals surface area (Å²) in [6, 6.07) is -1.29. The Balaban J connectivity index is 2.92. The summed E-state index contributed by atoms with van der Waals surface area (Å²) in [5, 5.41) is 0. The molecular weight excluding hydrogens is 256 g/mol. The third-order valence-corrected chi connectivity index (χ3v) is 3.11. The maximum Gasteiger partial charge on any atom is 0.417 e. The second-order valence-corrected chi connectivity index (χ2v) is 4.61. The Hall–Kier alpha value is -1.68. The van der Waals surface area contributed by atoms with Crippen LogP contribution in [0.4, 0.5) is 0 Å². The molecule has 0 unspecified atom stereocenters. The second-order valence-electron chi connectivity index (χ2n) is 3.19. The van der Waals surface area contributed by atoms with Crippen molar-refractivity contribution in [1.29, 1.82) is 0 Å². The number of ether oxygens (including phenoxy) is 1. The molecule has 0 bridgehead atoms. The minimum absolute atomic E-state index is 0.112. The zero-order chi connectivity index (χ0) is 13.4. The van der Waals surface area contributed by atoms with Crippen LogP contribution in [0.1, 0.15) is 13.8 Å². The summed E-state index contributed by atoms with van der Waals surface area (Å²) in [6.45, 7) is 1.87. The van der Waals surface area contributed by atoms with Crippen LogP contribution in [-0.4, -0.2) is 42.8 Å². The number of nitrogens with zero attached hydrogens (tertiary/aromatic N) is 1. The van der Waals surface area contributed by atoms with E-state index in [0.29, 0.717) is 0 Å². The predicted molar refractivity (Wildman–Crippen MR) is 51.1 cm³/mol. The van der Waals surface area contributed by atoms with Crippen molar-refractivity contribution in [2.24, 2.45) is 5.73 Å². The van der Waals surface area contributed by atoms with Gasteiger partial charge >= 0.3 is 22.2 Å². The first kappa shape index (κ1) is 13.4. The van der Waals surface area contributed by atoms with Crippen LogP contribution in [-0.2, 0) is 33.6 Å². The molecule has 96 valence electrons. The molecule has 0 aromatic heterocycles. The van der Waals surface area contributed by atoms with Crippen LogP contribution in [0.3, 0.4) is 0 Å². The molecule has 1 aliphatic rings. The summed E-state index contributed by atoms with van der Waals surface area (Å²) in [5.41, 5.74) is 5.26. The lowest BCUT2D eigenvalue weighted by atomic mass is 10.1. The van der Waals surface area contributed by atoms with E-state index in [1.165, 1.54) is 0 Å². The van der Waals surface area contributed by atoms with E-state index in [9.17, 15) is 22.8 Å². The highest BCUT2D eigenvalue weighted by Crippen LogP contribution is 2.24. The Bertz CT molecular complexity index is 471. The zero-order valence-electron chi connectivity index (χ0n) is 8.95. The molecule has 0 saturated carbocycles. The smallest absolute Gasteiger partial charge is 0.417 e. The van der Waals surface area contributed by atoms with Crippen LogP contribution in [0.2, 0.25) is 0 Å². The summed E-state index contributed by atoms with van der Waals surface area (Å²) in [5.74, 6) is -2.96. The average Bonchev–Trinajstić information content (AvgIpc) is 2.13. The Morgan fingerprint density at radius 2 is 1.82 bits per heavy atom. The van der Waals surface area contributed by atoms with E-state index in [1.54, 1.807) is 0 Å². The maximum atomic E-state index is 11.4. The lowest BCUT2D eigenvalue weighted by Gasteiger charge is -2.40. The van der Waals surface area contributed by atoms with Crippen LogP contribution in [0.15, 0.2) is 0 Å². The predicted octanol–water partition coefficient (Wildman–Crippen LogP) is -2.15. The van der Waals surface area contributed by atoms with Gasteiger partial charge in [-0.25, -0.2) is 0 Å². The average molecular weight is 266 g/mol. The molecule has 1 aliphatic heterocycles. The van der Waals surface area contributed by atoms with Crippen molar-refractivity contribution in [1.82, 2.24) is 4.31 Å². The molecular formula is C7H10N2O7S. The second kappa shape index (κ2) is 4.30. The molecule has 1 saturated heterocycles. The number of rotatable bonds is 3. The molecule has 2 N–H and O–H groups in total. The van der Waals surface area contributed by atoms with E-state index < -0.39 is 40.4 Å². The van der Waals surface area contributed by atoms with Gasteiger partial charge in [0.2, 0.25) is 6.23 Å².